The second-order valence-corrected chi connectivity index (χ2v) is 9.64. The summed E-state index contributed by atoms with van der Waals surface area (Å²) in [6.45, 7) is 3.13. The van der Waals surface area contributed by atoms with Crippen LogP contribution < -0.4 is 0 Å². The SMILES string of the molecule is CC(=O)OCC(C)c1ccc2c(c1)S(=O)(=O)c1ccccc1S2(=O)=O. The zero-order valence-corrected chi connectivity index (χ0v) is 15.2. The van der Waals surface area contributed by atoms with Crippen LogP contribution in [0, 0.1) is 0 Å². The highest BCUT2D eigenvalue weighted by Gasteiger charge is 2.39. The molecule has 0 spiro atoms. The smallest absolute Gasteiger partial charge is 0.302 e. The molecule has 3 rings (SSSR count). The lowest BCUT2D eigenvalue weighted by molar-refractivity contribution is -0.141. The van der Waals surface area contributed by atoms with Gasteiger partial charge in [0.2, 0.25) is 19.7 Å². The zero-order valence-electron chi connectivity index (χ0n) is 13.6. The molecule has 2 aromatic rings. The summed E-state index contributed by atoms with van der Waals surface area (Å²) in [5.74, 6) is -0.710. The van der Waals surface area contributed by atoms with Crippen molar-refractivity contribution < 1.29 is 26.4 Å². The molecule has 0 saturated carbocycles. The first kappa shape index (κ1) is 17.6. The number of esters is 1. The Balaban J connectivity index is 2.17. The molecule has 25 heavy (non-hydrogen) atoms. The summed E-state index contributed by atoms with van der Waals surface area (Å²) in [5.41, 5.74) is 0.582. The molecule has 1 atom stereocenters. The number of carbonyl (C=O) groups is 1. The minimum atomic E-state index is -3.95. The molecule has 0 saturated heterocycles. The van der Waals surface area contributed by atoms with Gasteiger partial charge in [0.1, 0.15) is 0 Å². The summed E-state index contributed by atoms with van der Waals surface area (Å²) in [6.07, 6.45) is 0. The number of hydrogen-bond acceptors (Lipinski definition) is 6. The molecule has 2 aromatic carbocycles. The highest BCUT2D eigenvalue weighted by molar-refractivity contribution is 7.97. The van der Waals surface area contributed by atoms with Crippen LogP contribution in [-0.4, -0.2) is 29.4 Å². The molecule has 0 aliphatic carbocycles. The van der Waals surface area contributed by atoms with E-state index in [1.54, 1.807) is 13.0 Å². The fraction of sp³-hybridized carbons (Fsp3) is 0.235. The summed E-state index contributed by atoms with van der Waals surface area (Å²) < 4.78 is 56.2. The molecule has 0 N–H and O–H groups in total. The molecule has 0 bridgehead atoms. The van der Waals surface area contributed by atoms with Crippen molar-refractivity contribution in [2.24, 2.45) is 0 Å². The van der Waals surface area contributed by atoms with Gasteiger partial charge in [0.15, 0.2) is 0 Å². The fourth-order valence-corrected chi connectivity index (χ4v) is 6.90. The van der Waals surface area contributed by atoms with Gasteiger partial charge in [0.25, 0.3) is 0 Å². The van der Waals surface area contributed by atoms with E-state index in [1.807, 2.05) is 0 Å². The molecule has 132 valence electrons. The molecular formula is C17H16O6S2. The third-order valence-corrected chi connectivity index (χ3v) is 8.06. The average Bonchev–Trinajstić information content (AvgIpc) is 2.58. The standard InChI is InChI=1S/C17H16O6S2/c1-11(10-23-12(2)18)13-7-8-16-17(9-13)25(21,22)15-6-4-3-5-14(15)24(16,19)20/h3-9,11H,10H2,1-2H3. The number of sulfone groups is 2. The number of ether oxygens (including phenoxy) is 1. The van der Waals surface area contributed by atoms with Crippen molar-refractivity contribution in [3.05, 3.63) is 48.0 Å². The van der Waals surface area contributed by atoms with Gasteiger partial charge >= 0.3 is 5.97 Å². The van der Waals surface area contributed by atoms with Crippen LogP contribution in [0.4, 0.5) is 0 Å². The predicted molar refractivity (Wildman–Crippen MR) is 88.8 cm³/mol. The Bertz CT molecular complexity index is 1070. The normalized spacial score (nSPS) is 17.8. The summed E-state index contributed by atoms with van der Waals surface area (Å²) in [5, 5.41) is 0. The van der Waals surface area contributed by atoms with E-state index in [-0.39, 0.29) is 32.1 Å². The maximum atomic E-state index is 12.9. The predicted octanol–water partition coefficient (Wildman–Crippen LogP) is 2.33. The molecular weight excluding hydrogens is 364 g/mol. The Morgan fingerprint density at radius 1 is 0.920 bits per heavy atom. The molecule has 0 fully saturated rings. The van der Waals surface area contributed by atoms with Crippen LogP contribution in [0.1, 0.15) is 25.3 Å². The zero-order chi connectivity index (χ0) is 18.4. The Morgan fingerprint density at radius 2 is 1.44 bits per heavy atom. The quantitative estimate of drug-likeness (QED) is 0.647. The molecule has 0 radical (unpaired) electrons. The van der Waals surface area contributed by atoms with Crippen molar-refractivity contribution in [1.82, 2.24) is 0 Å². The molecule has 0 aromatic heterocycles. The van der Waals surface area contributed by atoms with E-state index in [9.17, 15) is 21.6 Å². The van der Waals surface area contributed by atoms with E-state index in [0.29, 0.717) is 5.56 Å². The van der Waals surface area contributed by atoms with Crippen molar-refractivity contribution in [2.75, 3.05) is 6.61 Å². The minimum absolute atomic E-state index is 0.0809. The van der Waals surface area contributed by atoms with Gasteiger partial charge in [0, 0.05) is 12.8 Å². The second-order valence-electron chi connectivity index (χ2n) is 5.86. The fourth-order valence-electron chi connectivity index (χ4n) is 2.73. The van der Waals surface area contributed by atoms with Gasteiger partial charge in [-0.25, -0.2) is 16.8 Å². The van der Waals surface area contributed by atoms with Crippen LogP contribution in [0.3, 0.4) is 0 Å². The average molecular weight is 380 g/mol. The van der Waals surface area contributed by atoms with E-state index in [0.717, 1.165) is 0 Å². The number of fused-ring (bicyclic) bond motifs is 2. The Labute approximate surface area is 146 Å². The van der Waals surface area contributed by atoms with E-state index < -0.39 is 25.6 Å². The first-order chi connectivity index (χ1) is 11.7. The highest BCUT2D eigenvalue weighted by Crippen LogP contribution is 2.41. The third kappa shape index (κ3) is 2.85. The molecule has 0 amide bonds. The van der Waals surface area contributed by atoms with E-state index in [2.05, 4.69) is 0 Å². The Morgan fingerprint density at radius 3 is 2.00 bits per heavy atom. The molecule has 6 nitrogen and oxygen atoms in total. The Hall–Kier alpha value is -2.19. The minimum Gasteiger partial charge on any atom is -0.465 e. The number of carbonyl (C=O) groups excluding carboxylic acids is 1. The van der Waals surface area contributed by atoms with Crippen LogP contribution in [0.5, 0.6) is 0 Å². The molecule has 1 heterocycles. The summed E-state index contributed by atoms with van der Waals surface area (Å²) in [7, 11) is -7.85. The van der Waals surface area contributed by atoms with Gasteiger partial charge in [-0.2, -0.15) is 0 Å². The van der Waals surface area contributed by atoms with Gasteiger partial charge in [-0.05, 0) is 29.8 Å². The summed E-state index contributed by atoms with van der Waals surface area (Å²) >= 11 is 0. The maximum absolute atomic E-state index is 12.9. The van der Waals surface area contributed by atoms with Crippen molar-refractivity contribution in [2.45, 2.75) is 39.3 Å². The van der Waals surface area contributed by atoms with Crippen LogP contribution in [0.25, 0.3) is 0 Å². The lowest BCUT2D eigenvalue weighted by Crippen LogP contribution is -2.20. The first-order valence-corrected chi connectivity index (χ1v) is 10.5. The summed E-state index contributed by atoms with van der Waals surface area (Å²) in [4.78, 5) is 10.1. The molecule has 1 unspecified atom stereocenters. The van der Waals surface area contributed by atoms with Gasteiger partial charge < -0.3 is 4.74 Å². The van der Waals surface area contributed by atoms with Crippen molar-refractivity contribution in [3.63, 3.8) is 0 Å². The monoisotopic (exact) mass is 380 g/mol. The number of rotatable bonds is 3. The van der Waals surface area contributed by atoms with E-state index in [1.165, 1.54) is 43.3 Å². The lowest BCUT2D eigenvalue weighted by Gasteiger charge is -2.21. The number of hydrogen-bond donors (Lipinski definition) is 0. The van der Waals surface area contributed by atoms with Gasteiger partial charge in [0.05, 0.1) is 26.2 Å². The third-order valence-electron chi connectivity index (χ3n) is 4.08. The second kappa shape index (κ2) is 5.96. The van der Waals surface area contributed by atoms with Crippen LogP contribution in [0.15, 0.2) is 62.0 Å². The van der Waals surface area contributed by atoms with Crippen molar-refractivity contribution >= 4 is 25.6 Å². The van der Waals surface area contributed by atoms with Crippen LogP contribution in [-0.2, 0) is 29.2 Å². The van der Waals surface area contributed by atoms with Crippen LogP contribution in [0.2, 0.25) is 0 Å². The van der Waals surface area contributed by atoms with Gasteiger partial charge in [-0.1, -0.05) is 25.1 Å². The van der Waals surface area contributed by atoms with Gasteiger partial charge in [-0.15, -0.1) is 0 Å². The van der Waals surface area contributed by atoms with Crippen molar-refractivity contribution in [1.29, 1.82) is 0 Å². The molecule has 1 aliphatic rings. The first-order valence-electron chi connectivity index (χ1n) is 7.52. The van der Waals surface area contributed by atoms with E-state index >= 15 is 0 Å². The topological polar surface area (TPSA) is 94.6 Å². The van der Waals surface area contributed by atoms with Crippen LogP contribution >= 0.6 is 0 Å². The Kier molecular flexibility index (Phi) is 4.20. The van der Waals surface area contributed by atoms with Crippen molar-refractivity contribution in [3.8, 4) is 0 Å². The lowest BCUT2D eigenvalue weighted by atomic mass is 10.0. The number of benzene rings is 2. The summed E-state index contributed by atoms with van der Waals surface area (Å²) in [6, 6.07) is 9.77. The van der Waals surface area contributed by atoms with Gasteiger partial charge in [-0.3, -0.25) is 4.79 Å². The molecule has 8 heteroatoms. The highest BCUT2D eigenvalue weighted by atomic mass is 32.2. The van der Waals surface area contributed by atoms with E-state index in [4.69, 9.17) is 4.74 Å². The largest absolute Gasteiger partial charge is 0.465 e. The molecule has 1 aliphatic heterocycles. The maximum Gasteiger partial charge on any atom is 0.302 e.